The van der Waals surface area contributed by atoms with E-state index < -0.39 is 0 Å². The van der Waals surface area contributed by atoms with Crippen LogP contribution in [0.1, 0.15) is 11.1 Å². The Bertz CT molecular complexity index is 520. The lowest BCUT2D eigenvalue weighted by Gasteiger charge is -2.12. The first-order valence-corrected chi connectivity index (χ1v) is 6.09. The summed E-state index contributed by atoms with van der Waals surface area (Å²) in [6.07, 6.45) is 0. The van der Waals surface area contributed by atoms with Gasteiger partial charge in [0.1, 0.15) is 0 Å². The SMILES string of the molecule is CNCc1ccc(Cl)cc1-c1ccccc1C. The van der Waals surface area contributed by atoms with Crippen LogP contribution in [0.15, 0.2) is 42.5 Å². The third-order valence-electron chi connectivity index (χ3n) is 2.87. The summed E-state index contributed by atoms with van der Waals surface area (Å²) in [6.45, 7) is 2.97. The second kappa shape index (κ2) is 5.35. The first-order valence-electron chi connectivity index (χ1n) is 5.71. The molecule has 0 fully saturated rings. The molecule has 88 valence electrons. The smallest absolute Gasteiger partial charge is 0.0412 e. The number of nitrogens with one attached hydrogen (secondary N) is 1. The summed E-state index contributed by atoms with van der Waals surface area (Å²) in [5.74, 6) is 0. The Morgan fingerprint density at radius 2 is 1.82 bits per heavy atom. The highest BCUT2D eigenvalue weighted by Crippen LogP contribution is 2.29. The molecule has 0 aliphatic carbocycles. The number of aryl methyl sites for hydroxylation is 1. The molecule has 0 aliphatic heterocycles. The number of rotatable bonds is 3. The molecular formula is C15H16ClN. The van der Waals surface area contributed by atoms with Crippen molar-refractivity contribution in [2.45, 2.75) is 13.5 Å². The summed E-state index contributed by atoms with van der Waals surface area (Å²) in [7, 11) is 1.95. The lowest BCUT2D eigenvalue weighted by molar-refractivity contribution is 0.819. The van der Waals surface area contributed by atoms with Crippen LogP contribution in [-0.4, -0.2) is 7.05 Å². The molecule has 2 heteroatoms. The van der Waals surface area contributed by atoms with Crippen molar-refractivity contribution < 1.29 is 0 Å². The minimum absolute atomic E-state index is 0.781. The monoisotopic (exact) mass is 245 g/mol. The van der Waals surface area contributed by atoms with Crippen molar-refractivity contribution in [1.82, 2.24) is 5.32 Å². The van der Waals surface area contributed by atoms with Crippen LogP contribution in [-0.2, 0) is 6.54 Å². The second-order valence-electron chi connectivity index (χ2n) is 4.15. The van der Waals surface area contributed by atoms with Gasteiger partial charge in [0.25, 0.3) is 0 Å². The molecule has 0 bridgehead atoms. The van der Waals surface area contributed by atoms with Crippen molar-refractivity contribution in [2.75, 3.05) is 7.05 Å². The van der Waals surface area contributed by atoms with Gasteiger partial charge in [-0.1, -0.05) is 41.9 Å². The number of halogens is 1. The average molecular weight is 246 g/mol. The first-order chi connectivity index (χ1) is 8.22. The minimum atomic E-state index is 0.781. The maximum Gasteiger partial charge on any atom is 0.0412 e. The van der Waals surface area contributed by atoms with Crippen LogP contribution in [0.3, 0.4) is 0 Å². The van der Waals surface area contributed by atoms with E-state index >= 15 is 0 Å². The van der Waals surface area contributed by atoms with Gasteiger partial charge in [-0.15, -0.1) is 0 Å². The van der Waals surface area contributed by atoms with E-state index in [4.69, 9.17) is 11.6 Å². The number of benzene rings is 2. The summed E-state index contributed by atoms with van der Waals surface area (Å²) >= 11 is 6.10. The topological polar surface area (TPSA) is 12.0 Å². The van der Waals surface area contributed by atoms with Gasteiger partial charge >= 0.3 is 0 Å². The lowest BCUT2D eigenvalue weighted by Crippen LogP contribution is -2.06. The average Bonchev–Trinajstić information content (AvgIpc) is 2.32. The molecular weight excluding hydrogens is 230 g/mol. The van der Waals surface area contributed by atoms with Crippen molar-refractivity contribution in [3.63, 3.8) is 0 Å². The third kappa shape index (κ3) is 2.68. The molecule has 0 amide bonds. The van der Waals surface area contributed by atoms with Gasteiger partial charge in [-0.25, -0.2) is 0 Å². The highest BCUT2D eigenvalue weighted by Gasteiger charge is 2.07. The molecule has 0 radical (unpaired) electrons. The molecule has 2 rings (SSSR count). The molecule has 2 aromatic carbocycles. The quantitative estimate of drug-likeness (QED) is 0.861. The summed E-state index contributed by atoms with van der Waals surface area (Å²) in [5, 5.41) is 3.97. The fourth-order valence-corrected chi connectivity index (χ4v) is 2.19. The van der Waals surface area contributed by atoms with Crippen LogP contribution in [0.5, 0.6) is 0 Å². The van der Waals surface area contributed by atoms with Gasteiger partial charge in [0.2, 0.25) is 0 Å². The summed E-state index contributed by atoms with van der Waals surface area (Å²) in [5.41, 5.74) is 5.00. The molecule has 0 saturated heterocycles. The summed E-state index contributed by atoms with van der Waals surface area (Å²) in [4.78, 5) is 0. The second-order valence-corrected chi connectivity index (χ2v) is 4.58. The molecule has 1 nitrogen and oxygen atoms in total. The maximum atomic E-state index is 6.10. The third-order valence-corrected chi connectivity index (χ3v) is 3.11. The highest BCUT2D eigenvalue weighted by molar-refractivity contribution is 6.30. The molecule has 2 aromatic rings. The molecule has 17 heavy (non-hydrogen) atoms. The Labute approximate surface area is 107 Å². The molecule has 0 spiro atoms. The summed E-state index contributed by atoms with van der Waals surface area (Å²) < 4.78 is 0. The predicted octanol–water partition coefficient (Wildman–Crippen LogP) is 4.03. The van der Waals surface area contributed by atoms with E-state index in [0.717, 1.165) is 11.6 Å². The van der Waals surface area contributed by atoms with Crippen molar-refractivity contribution in [3.8, 4) is 11.1 Å². The van der Waals surface area contributed by atoms with Gasteiger partial charge in [0.05, 0.1) is 0 Å². The van der Waals surface area contributed by atoms with Gasteiger partial charge in [0, 0.05) is 11.6 Å². The Balaban J connectivity index is 2.57. The fourth-order valence-electron chi connectivity index (χ4n) is 2.02. The molecule has 0 aromatic heterocycles. The Morgan fingerprint density at radius 3 is 2.53 bits per heavy atom. The maximum absolute atomic E-state index is 6.10. The molecule has 0 atom stereocenters. The van der Waals surface area contributed by atoms with Gasteiger partial charge < -0.3 is 5.32 Å². The standard InChI is InChI=1S/C15H16ClN/c1-11-5-3-4-6-14(11)15-9-13(16)8-7-12(15)10-17-2/h3-9,17H,10H2,1-2H3. The number of hydrogen-bond donors (Lipinski definition) is 1. The van der Waals surface area contributed by atoms with E-state index in [9.17, 15) is 0 Å². The van der Waals surface area contributed by atoms with Crippen molar-refractivity contribution >= 4 is 11.6 Å². The Kier molecular flexibility index (Phi) is 3.82. The summed E-state index contributed by atoms with van der Waals surface area (Å²) in [6, 6.07) is 14.4. The van der Waals surface area contributed by atoms with Gasteiger partial charge in [-0.2, -0.15) is 0 Å². The van der Waals surface area contributed by atoms with Crippen LogP contribution in [0, 0.1) is 6.92 Å². The minimum Gasteiger partial charge on any atom is -0.316 e. The highest BCUT2D eigenvalue weighted by atomic mass is 35.5. The van der Waals surface area contributed by atoms with Gasteiger partial charge in [-0.3, -0.25) is 0 Å². The van der Waals surface area contributed by atoms with Crippen LogP contribution < -0.4 is 5.32 Å². The van der Waals surface area contributed by atoms with Crippen LogP contribution in [0.4, 0.5) is 0 Å². The zero-order valence-electron chi connectivity index (χ0n) is 10.1. The zero-order chi connectivity index (χ0) is 12.3. The molecule has 0 unspecified atom stereocenters. The van der Waals surface area contributed by atoms with Gasteiger partial charge in [0.15, 0.2) is 0 Å². The molecule has 0 heterocycles. The van der Waals surface area contributed by atoms with E-state index in [1.807, 2.05) is 19.2 Å². The van der Waals surface area contributed by atoms with E-state index in [1.165, 1.54) is 22.3 Å². The van der Waals surface area contributed by atoms with Gasteiger partial charge in [-0.05, 0) is 48.4 Å². The normalized spacial score (nSPS) is 10.5. The van der Waals surface area contributed by atoms with E-state index in [2.05, 4.69) is 42.6 Å². The number of hydrogen-bond acceptors (Lipinski definition) is 1. The van der Waals surface area contributed by atoms with Crippen molar-refractivity contribution in [1.29, 1.82) is 0 Å². The van der Waals surface area contributed by atoms with Crippen LogP contribution in [0.2, 0.25) is 5.02 Å². The van der Waals surface area contributed by atoms with Crippen molar-refractivity contribution in [3.05, 3.63) is 58.6 Å². The van der Waals surface area contributed by atoms with E-state index in [0.29, 0.717) is 0 Å². The molecule has 0 saturated carbocycles. The zero-order valence-corrected chi connectivity index (χ0v) is 10.9. The molecule has 0 aliphatic rings. The fraction of sp³-hybridized carbons (Fsp3) is 0.200. The van der Waals surface area contributed by atoms with E-state index in [1.54, 1.807) is 0 Å². The lowest BCUT2D eigenvalue weighted by atomic mass is 9.96. The predicted molar refractivity (Wildman–Crippen MR) is 74.4 cm³/mol. The largest absolute Gasteiger partial charge is 0.316 e. The Hall–Kier alpha value is -1.31. The van der Waals surface area contributed by atoms with E-state index in [-0.39, 0.29) is 0 Å². The first kappa shape index (κ1) is 12.2. The van der Waals surface area contributed by atoms with Crippen LogP contribution >= 0.6 is 11.6 Å². The van der Waals surface area contributed by atoms with Crippen molar-refractivity contribution in [2.24, 2.45) is 0 Å². The molecule has 1 N–H and O–H groups in total. The van der Waals surface area contributed by atoms with Crippen LogP contribution in [0.25, 0.3) is 11.1 Å². The Morgan fingerprint density at radius 1 is 1.06 bits per heavy atom.